The van der Waals surface area contributed by atoms with Crippen molar-refractivity contribution in [2.24, 2.45) is 0 Å². The van der Waals surface area contributed by atoms with Gasteiger partial charge in [0.05, 0.1) is 5.02 Å². The Morgan fingerprint density at radius 2 is 1.95 bits per heavy atom. The average molecular weight is 316 g/mol. The van der Waals surface area contributed by atoms with Gasteiger partial charge in [0.2, 0.25) is 0 Å². The lowest BCUT2D eigenvalue weighted by Gasteiger charge is -2.36. The fourth-order valence-electron chi connectivity index (χ4n) is 2.07. The highest BCUT2D eigenvalue weighted by Crippen LogP contribution is 2.21. The number of pyridine rings is 1. The maximum Gasteiger partial charge on any atom is 0.410 e. The number of ether oxygens (including phenoxy) is 1. The fraction of sp³-hybridized carbons (Fsp3) is 0.571. The van der Waals surface area contributed by atoms with E-state index >= 15 is 0 Å². The van der Waals surface area contributed by atoms with E-state index in [1.165, 1.54) is 12.3 Å². The average Bonchev–Trinajstić information content (AvgIpc) is 2.37. The van der Waals surface area contributed by atoms with Crippen molar-refractivity contribution in [2.75, 3.05) is 31.1 Å². The van der Waals surface area contributed by atoms with Gasteiger partial charge in [-0.2, -0.15) is 0 Å². The first kappa shape index (κ1) is 15.8. The lowest BCUT2D eigenvalue weighted by atomic mass is 10.2. The molecule has 0 bridgehead atoms. The Bertz CT molecular complexity index is 525. The summed E-state index contributed by atoms with van der Waals surface area (Å²) in [4.78, 5) is 19.4. The van der Waals surface area contributed by atoms with Crippen LogP contribution in [0.15, 0.2) is 12.3 Å². The molecule has 1 amide bonds. The van der Waals surface area contributed by atoms with Gasteiger partial charge < -0.3 is 14.5 Å². The molecule has 2 heterocycles. The Morgan fingerprint density at radius 3 is 2.48 bits per heavy atom. The lowest BCUT2D eigenvalue weighted by Crippen LogP contribution is -2.50. The molecule has 21 heavy (non-hydrogen) atoms. The molecule has 7 heteroatoms. The minimum atomic E-state index is -0.516. The van der Waals surface area contributed by atoms with Crippen LogP contribution < -0.4 is 4.90 Å². The van der Waals surface area contributed by atoms with Gasteiger partial charge in [0, 0.05) is 32.4 Å². The summed E-state index contributed by atoms with van der Waals surface area (Å²) in [5, 5.41) is 0.267. The molecule has 0 aromatic carbocycles. The second-order valence-corrected chi connectivity index (χ2v) is 6.35. The molecule has 1 aliphatic rings. The van der Waals surface area contributed by atoms with Gasteiger partial charge in [-0.25, -0.2) is 14.2 Å². The molecule has 0 saturated carbocycles. The van der Waals surface area contributed by atoms with Crippen molar-refractivity contribution >= 4 is 23.5 Å². The Balaban J connectivity index is 1.95. The molecule has 5 nitrogen and oxygen atoms in total. The third-order valence-corrected chi connectivity index (χ3v) is 3.23. The molecule has 0 aliphatic carbocycles. The highest BCUT2D eigenvalue weighted by Gasteiger charge is 2.27. The zero-order valence-electron chi connectivity index (χ0n) is 12.4. The van der Waals surface area contributed by atoms with Gasteiger partial charge >= 0.3 is 6.09 Å². The second kappa shape index (κ2) is 6.05. The van der Waals surface area contributed by atoms with Crippen LogP contribution in [-0.2, 0) is 4.74 Å². The zero-order chi connectivity index (χ0) is 15.6. The largest absolute Gasteiger partial charge is 0.444 e. The molecule has 1 saturated heterocycles. The lowest BCUT2D eigenvalue weighted by molar-refractivity contribution is 0.0240. The smallest absolute Gasteiger partial charge is 0.410 e. The molecule has 1 aliphatic heterocycles. The molecule has 2 rings (SSSR count). The van der Waals surface area contributed by atoms with Crippen LogP contribution in [0.1, 0.15) is 20.8 Å². The van der Waals surface area contributed by atoms with E-state index < -0.39 is 11.4 Å². The van der Waals surface area contributed by atoms with Gasteiger partial charge in [0.1, 0.15) is 5.60 Å². The van der Waals surface area contributed by atoms with Crippen molar-refractivity contribution < 1.29 is 13.9 Å². The molecular formula is C14H19ClFN3O2. The van der Waals surface area contributed by atoms with Crippen molar-refractivity contribution in [3.8, 4) is 0 Å². The van der Waals surface area contributed by atoms with Crippen LogP contribution in [0.2, 0.25) is 5.02 Å². The summed E-state index contributed by atoms with van der Waals surface area (Å²) < 4.78 is 19.1. The maximum atomic E-state index is 13.8. The standard InChI is InChI=1S/C14H19ClFN3O2/c1-14(2,3)21-13(20)19-6-4-18(5-7-19)12-11(16)8-10(15)9-17-12/h8-9H,4-7H2,1-3H3. The second-order valence-electron chi connectivity index (χ2n) is 5.91. The Morgan fingerprint density at radius 1 is 1.33 bits per heavy atom. The van der Waals surface area contributed by atoms with Gasteiger partial charge in [-0.05, 0) is 26.8 Å². The van der Waals surface area contributed by atoms with E-state index in [2.05, 4.69) is 4.98 Å². The predicted molar refractivity (Wildman–Crippen MR) is 79.2 cm³/mol. The quantitative estimate of drug-likeness (QED) is 0.799. The van der Waals surface area contributed by atoms with Gasteiger partial charge in [0.25, 0.3) is 0 Å². The highest BCUT2D eigenvalue weighted by atomic mass is 35.5. The SMILES string of the molecule is CC(C)(C)OC(=O)N1CCN(c2ncc(Cl)cc2F)CC1. The van der Waals surface area contributed by atoms with E-state index in [4.69, 9.17) is 16.3 Å². The fourth-order valence-corrected chi connectivity index (χ4v) is 2.21. The van der Waals surface area contributed by atoms with Crippen LogP contribution in [0.4, 0.5) is 15.0 Å². The number of rotatable bonds is 1. The topological polar surface area (TPSA) is 45.7 Å². The predicted octanol–water partition coefficient (Wildman–Crippen LogP) is 2.93. The molecular weight excluding hydrogens is 297 g/mol. The van der Waals surface area contributed by atoms with Crippen LogP contribution in [0.5, 0.6) is 0 Å². The van der Waals surface area contributed by atoms with Crippen LogP contribution in [0.25, 0.3) is 0 Å². The van der Waals surface area contributed by atoms with E-state index in [0.29, 0.717) is 26.2 Å². The molecule has 0 atom stereocenters. The number of anilines is 1. The monoisotopic (exact) mass is 315 g/mol. The van der Waals surface area contributed by atoms with Crippen molar-refractivity contribution in [1.29, 1.82) is 0 Å². The molecule has 0 N–H and O–H groups in total. The van der Waals surface area contributed by atoms with E-state index in [1.807, 2.05) is 20.8 Å². The molecule has 0 unspecified atom stereocenters. The number of hydrogen-bond acceptors (Lipinski definition) is 4. The minimum absolute atomic E-state index is 0.267. The third-order valence-electron chi connectivity index (χ3n) is 3.02. The van der Waals surface area contributed by atoms with Crippen LogP contribution in [-0.4, -0.2) is 47.8 Å². The maximum absolute atomic E-state index is 13.8. The number of amides is 1. The molecule has 1 aromatic heterocycles. The molecule has 116 valence electrons. The number of piperazine rings is 1. The molecule has 1 fully saturated rings. The highest BCUT2D eigenvalue weighted by molar-refractivity contribution is 6.30. The van der Waals surface area contributed by atoms with Crippen molar-refractivity contribution in [3.63, 3.8) is 0 Å². The van der Waals surface area contributed by atoms with Crippen molar-refractivity contribution in [2.45, 2.75) is 26.4 Å². The Labute approximate surface area is 128 Å². The molecule has 1 aromatic rings. The first-order chi connectivity index (χ1) is 9.76. The van der Waals surface area contributed by atoms with Crippen LogP contribution >= 0.6 is 11.6 Å². The van der Waals surface area contributed by atoms with Crippen molar-refractivity contribution in [3.05, 3.63) is 23.1 Å². The van der Waals surface area contributed by atoms with Crippen molar-refractivity contribution in [1.82, 2.24) is 9.88 Å². The number of nitrogens with zero attached hydrogens (tertiary/aromatic N) is 3. The minimum Gasteiger partial charge on any atom is -0.444 e. The first-order valence-electron chi connectivity index (χ1n) is 6.80. The van der Waals surface area contributed by atoms with Crippen LogP contribution in [0, 0.1) is 5.82 Å². The van der Waals surface area contributed by atoms with Gasteiger partial charge in [-0.3, -0.25) is 0 Å². The summed E-state index contributed by atoms with van der Waals surface area (Å²) in [6.07, 6.45) is 1.08. The van der Waals surface area contributed by atoms with E-state index in [-0.39, 0.29) is 16.9 Å². The van der Waals surface area contributed by atoms with E-state index in [9.17, 15) is 9.18 Å². The first-order valence-corrected chi connectivity index (χ1v) is 7.18. The third kappa shape index (κ3) is 4.20. The summed E-state index contributed by atoms with van der Waals surface area (Å²) >= 11 is 5.69. The normalized spacial score (nSPS) is 16.0. The number of carbonyl (C=O) groups is 1. The van der Waals surface area contributed by atoms with Gasteiger partial charge in [-0.1, -0.05) is 11.6 Å². The summed E-state index contributed by atoms with van der Waals surface area (Å²) in [7, 11) is 0. The van der Waals surface area contributed by atoms with E-state index in [0.717, 1.165) is 0 Å². The van der Waals surface area contributed by atoms with Crippen LogP contribution in [0.3, 0.4) is 0 Å². The van der Waals surface area contributed by atoms with E-state index in [1.54, 1.807) is 9.80 Å². The molecule has 0 spiro atoms. The van der Waals surface area contributed by atoms with Gasteiger partial charge in [0.15, 0.2) is 11.6 Å². The summed E-state index contributed by atoms with van der Waals surface area (Å²) in [5.74, 6) is -0.184. The summed E-state index contributed by atoms with van der Waals surface area (Å²) in [5.41, 5.74) is -0.516. The number of carbonyl (C=O) groups excluding carboxylic acids is 1. The molecule has 0 radical (unpaired) electrons. The Kier molecular flexibility index (Phi) is 4.56. The van der Waals surface area contributed by atoms with Gasteiger partial charge in [-0.15, -0.1) is 0 Å². The number of hydrogen-bond donors (Lipinski definition) is 0. The Hall–Kier alpha value is -1.56. The summed E-state index contributed by atoms with van der Waals surface area (Å²) in [6.45, 7) is 7.43. The number of aromatic nitrogens is 1. The number of halogens is 2. The zero-order valence-corrected chi connectivity index (χ0v) is 13.2. The summed E-state index contributed by atoms with van der Waals surface area (Å²) in [6, 6.07) is 1.24.